The zero-order chi connectivity index (χ0) is 34.6. The van der Waals surface area contributed by atoms with Crippen LogP contribution in [0, 0.1) is 6.57 Å². The van der Waals surface area contributed by atoms with Gasteiger partial charge >= 0.3 is 0 Å². The molecule has 0 radical (unpaired) electrons. The van der Waals surface area contributed by atoms with Crippen LogP contribution in [0.3, 0.4) is 0 Å². The van der Waals surface area contributed by atoms with Gasteiger partial charge in [0.1, 0.15) is 0 Å². The largest absolute Gasteiger partial charge is 0.310 e. The Labute approximate surface area is 303 Å². The van der Waals surface area contributed by atoms with Crippen molar-refractivity contribution in [1.29, 1.82) is 0 Å². The second-order valence-electron chi connectivity index (χ2n) is 12.7. The Hall–Kier alpha value is -6.94. The molecule has 5 nitrogen and oxygen atoms in total. The van der Waals surface area contributed by atoms with Crippen LogP contribution in [0.15, 0.2) is 164 Å². The molecule has 0 saturated carbocycles. The van der Waals surface area contributed by atoms with Gasteiger partial charge in [-0.05, 0) is 47.5 Å². The normalized spacial score (nSPS) is 11.4. The van der Waals surface area contributed by atoms with Crippen molar-refractivity contribution >= 4 is 59.0 Å². The van der Waals surface area contributed by atoms with Crippen LogP contribution in [-0.2, 0) is 0 Å². The number of thiophene rings is 1. The minimum Gasteiger partial charge on any atom is -0.310 e. The highest BCUT2D eigenvalue weighted by atomic mass is 32.1. The lowest BCUT2D eigenvalue weighted by molar-refractivity contribution is 1.06. The molecule has 6 heteroatoms. The predicted molar refractivity (Wildman–Crippen MR) is 215 cm³/mol. The molecule has 0 saturated heterocycles. The lowest BCUT2D eigenvalue weighted by atomic mass is 9.99. The fraction of sp³-hybridized carbons (Fsp3) is 0. The molecule has 3 aromatic heterocycles. The summed E-state index contributed by atoms with van der Waals surface area (Å²) in [5.74, 6) is 1.77. The molecule has 10 rings (SSSR count). The zero-order valence-corrected chi connectivity index (χ0v) is 28.5. The third-order valence-electron chi connectivity index (χ3n) is 9.68. The van der Waals surface area contributed by atoms with E-state index in [0.717, 1.165) is 55.3 Å². The number of fused-ring (bicyclic) bond motifs is 6. The second kappa shape index (κ2) is 12.1. The van der Waals surface area contributed by atoms with E-state index in [0.29, 0.717) is 23.2 Å². The summed E-state index contributed by atoms with van der Waals surface area (Å²) in [4.78, 5) is 19.2. The molecule has 0 N–H and O–H groups in total. The first kappa shape index (κ1) is 29.9. The molecule has 0 spiro atoms. The van der Waals surface area contributed by atoms with E-state index in [1.807, 2.05) is 84.1 Å². The van der Waals surface area contributed by atoms with E-state index in [2.05, 4.69) is 100 Å². The van der Waals surface area contributed by atoms with Crippen molar-refractivity contribution < 1.29 is 0 Å². The number of nitrogens with zero attached hydrogens (tertiary/aromatic N) is 5. The second-order valence-corrected chi connectivity index (χ2v) is 13.8. The van der Waals surface area contributed by atoms with Crippen molar-refractivity contribution in [2.24, 2.45) is 0 Å². The lowest BCUT2D eigenvalue weighted by Gasteiger charge is -2.16. The molecule has 0 unspecified atom stereocenters. The molecule has 0 bridgehead atoms. The van der Waals surface area contributed by atoms with Crippen LogP contribution in [0.2, 0.25) is 0 Å². The quantitative estimate of drug-likeness (QED) is 0.170. The van der Waals surface area contributed by atoms with Crippen molar-refractivity contribution in [3.05, 3.63) is 175 Å². The summed E-state index contributed by atoms with van der Waals surface area (Å²) in [6, 6.07) is 56.4. The number of para-hydroxylation sites is 1. The van der Waals surface area contributed by atoms with Crippen LogP contribution < -0.4 is 0 Å². The molecule has 0 aliphatic heterocycles. The maximum Gasteiger partial charge on any atom is 0.189 e. The Morgan fingerprint density at radius 1 is 0.442 bits per heavy atom. The van der Waals surface area contributed by atoms with Crippen LogP contribution in [0.5, 0.6) is 0 Å². The standard InChI is InChI=1S/C46H27N5S/c1-47-33-22-24-35-34-16-8-10-18-39(34)51(41(35)28-33)40-25-21-31(32-20-23-37-36-17-9-11-19-42(36)52-43(37)27-32)26-38(40)46-49-44(29-12-4-2-5-13-29)48-45(50-46)30-14-6-3-7-15-30/h2-28H. The SMILES string of the molecule is [C-]#[N+]c1ccc2c3ccccc3n(-c3ccc(-c4ccc5c(c4)sc4ccccc45)cc3-c3nc(-c4ccccc4)nc(-c4ccccc4)n3)c2c1. The fourth-order valence-electron chi connectivity index (χ4n) is 7.21. The molecule has 0 atom stereocenters. The Bertz CT molecular complexity index is 2970. The van der Waals surface area contributed by atoms with E-state index in [9.17, 15) is 0 Å². The average Bonchev–Trinajstić information content (AvgIpc) is 3.76. The molecule has 242 valence electrons. The summed E-state index contributed by atoms with van der Waals surface area (Å²) in [7, 11) is 0. The van der Waals surface area contributed by atoms with Gasteiger partial charge < -0.3 is 4.57 Å². The van der Waals surface area contributed by atoms with Crippen molar-refractivity contribution in [2.45, 2.75) is 0 Å². The van der Waals surface area contributed by atoms with E-state index in [1.165, 1.54) is 20.2 Å². The predicted octanol–water partition coefficient (Wildman–Crippen LogP) is 12.6. The van der Waals surface area contributed by atoms with E-state index < -0.39 is 0 Å². The highest BCUT2D eigenvalue weighted by Crippen LogP contribution is 2.41. The van der Waals surface area contributed by atoms with E-state index in [1.54, 1.807) is 0 Å². The fourth-order valence-corrected chi connectivity index (χ4v) is 8.36. The van der Waals surface area contributed by atoms with Crippen LogP contribution in [0.4, 0.5) is 5.69 Å². The third-order valence-corrected chi connectivity index (χ3v) is 10.8. The highest BCUT2D eigenvalue weighted by Gasteiger charge is 2.21. The molecule has 3 heterocycles. The van der Waals surface area contributed by atoms with Gasteiger partial charge in [0.05, 0.1) is 17.8 Å². The minimum absolute atomic E-state index is 0.569. The summed E-state index contributed by atoms with van der Waals surface area (Å²) in [6.07, 6.45) is 0. The van der Waals surface area contributed by atoms with E-state index in [4.69, 9.17) is 21.5 Å². The monoisotopic (exact) mass is 681 g/mol. The molecule has 0 amide bonds. The molecule has 10 aromatic rings. The molecule has 7 aromatic carbocycles. The van der Waals surface area contributed by atoms with Gasteiger partial charge in [0, 0.05) is 53.2 Å². The topological polar surface area (TPSA) is 48.0 Å². The molecule has 0 aliphatic rings. The van der Waals surface area contributed by atoms with Crippen LogP contribution >= 0.6 is 11.3 Å². The summed E-state index contributed by atoms with van der Waals surface area (Å²) >= 11 is 1.82. The first-order valence-corrected chi connectivity index (χ1v) is 17.9. The van der Waals surface area contributed by atoms with Gasteiger partial charge in [0.2, 0.25) is 0 Å². The van der Waals surface area contributed by atoms with Gasteiger partial charge in [0.15, 0.2) is 23.2 Å². The molecular weight excluding hydrogens is 655 g/mol. The maximum absolute atomic E-state index is 7.82. The number of rotatable bonds is 5. The molecule has 52 heavy (non-hydrogen) atoms. The molecule has 0 fully saturated rings. The lowest BCUT2D eigenvalue weighted by Crippen LogP contribution is -2.04. The maximum atomic E-state index is 7.82. The summed E-state index contributed by atoms with van der Waals surface area (Å²) in [5.41, 5.74) is 8.37. The zero-order valence-electron chi connectivity index (χ0n) is 27.7. The Morgan fingerprint density at radius 3 is 1.77 bits per heavy atom. The van der Waals surface area contributed by atoms with Crippen molar-refractivity contribution in [3.8, 4) is 51.0 Å². The van der Waals surface area contributed by atoms with Gasteiger partial charge in [-0.25, -0.2) is 19.8 Å². The van der Waals surface area contributed by atoms with Crippen molar-refractivity contribution in [1.82, 2.24) is 19.5 Å². The molecule has 0 aliphatic carbocycles. The van der Waals surface area contributed by atoms with Gasteiger partial charge in [-0.1, -0.05) is 127 Å². The summed E-state index contributed by atoms with van der Waals surface area (Å²) < 4.78 is 4.78. The average molecular weight is 682 g/mol. The Morgan fingerprint density at radius 2 is 1.02 bits per heavy atom. The van der Waals surface area contributed by atoms with Crippen molar-refractivity contribution in [2.75, 3.05) is 0 Å². The highest BCUT2D eigenvalue weighted by molar-refractivity contribution is 7.25. The number of hydrogen-bond acceptors (Lipinski definition) is 4. The van der Waals surface area contributed by atoms with Gasteiger partial charge in [-0.3, -0.25) is 0 Å². The Kier molecular flexibility index (Phi) is 6.98. The van der Waals surface area contributed by atoms with Gasteiger partial charge in [-0.2, -0.15) is 0 Å². The summed E-state index contributed by atoms with van der Waals surface area (Å²) in [5, 5.41) is 4.74. The number of aromatic nitrogens is 4. The third kappa shape index (κ3) is 4.95. The van der Waals surface area contributed by atoms with Gasteiger partial charge in [-0.15, -0.1) is 11.3 Å². The summed E-state index contributed by atoms with van der Waals surface area (Å²) in [6.45, 7) is 7.82. The van der Waals surface area contributed by atoms with Crippen LogP contribution in [0.1, 0.15) is 0 Å². The van der Waals surface area contributed by atoms with Crippen LogP contribution in [-0.4, -0.2) is 19.5 Å². The number of benzene rings is 7. The van der Waals surface area contributed by atoms with Crippen LogP contribution in [0.25, 0.3) is 97.8 Å². The Balaban J connectivity index is 1.27. The first-order valence-electron chi connectivity index (χ1n) is 17.1. The van der Waals surface area contributed by atoms with E-state index >= 15 is 0 Å². The van der Waals surface area contributed by atoms with E-state index in [-0.39, 0.29) is 0 Å². The van der Waals surface area contributed by atoms with Gasteiger partial charge in [0.25, 0.3) is 0 Å². The minimum atomic E-state index is 0.569. The first-order chi connectivity index (χ1) is 25.7. The van der Waals surface area contributed by atoms with Crippen molar-refractivity contribution in [3.63, 3.8) is 0 Å². The number of hydrogen-bond donors (Lipinski definition) is 0. The molecular formula is C46H27N5S. The smallest absolute Gasteiger partial charge is 0.189 e.